The number of anilines is 1. The van der Waals surface area contributed by atoms with Crippen molar-refractivity contribution in [2.45, 2.75) is 43.9 Å². The molecule has 1 amide bonds. The molecule has 4 rings (SSSR count). The summed E-state index contributed by atoms with van der Waals surface area (Å²) in [6, 6.07) is 9.51. The molecule has 0 bridgehead atoms. The zero-order valence-corrected chi connectivity index (χ0v) is 23.4. The highest BCUT2D eigenvalue weighted by Crippen LogP contribution is 2.42. The molecule has 2 unspecified atom stereocenters. The first-order chi connectivity index (χ1) is 18.0. The van der Waals surface area contributed by atoms with E-state index in [4.69, 9.17) is 4.42 Å². The Balaban J connectivity index is 1.52. The summed E-state index contributed by atoms with van der Waals surface area (Å²) in [6.07, 6.45) is 1.23. The Labute approximate surface area is 232 Å². The Kier molecular flexibility index (Phi) is 9.00. The van der Waals surface area contributed by atoms with Crippen molar-refractivity contribution in [2.75, 3.05) is 17.5 Å². The highest BCUT2D eigenvalue weighted by molar-refractivity contribution is 14.1. The first-order valence-electron chi connectivity index (χ1n) is 11.8. The molecule has 2 atom stereocenters. The molecule has 0 spiro atoms. The lowest BCUT2D eigenvalue weighted by atomic mass is 10.00. The van der Waals surface area contributed by atoms with Crippen LogP contribution >= 0.6 is 22.6 Å². The molecule has 13 heteroatoms. The van der Waals surface area contributed by atoms with Crippen LogP contribution in [0.3, 0.4) is 0 Å². The number of oxazole rings is 1. The summed E-state index contributed by atoms with van der Waals surface area (Å²) in [5, 5.41) is 16.8. The van der Waals surface area contributed by atoms with Crippen molar-refractivity contribution in [3.63, 3.8) is 0 Å². The number of carbonyl (C=O) groups excluding carboxylic acids is 1. The number of nitrogens with one attached hydrogen (secondary N) is 3. The minimum absolute atomic E-state index is 0.0719. The molecule has 9 nitrogen and oxygen atoms in total. The van der Waals surface area contributed by atoms with Crippen molar-refractivity contribution in [1.82, 2.24) is 15.6 Å². The van der Waals surface area contributed by atoms with Crippen LogP contribution < -0.4 is 15.4 Å². The summed E-state index contributed by atoms with van der Waals surface area (Å²) in [6.45, 7) is 0.530. The lowest BCUT2D eigenvalue weighted by Gasteiger charge is -2.25. The third-order valence-corrected chi connectivity index (χ3v) is 7.04. The van der Waals surface area contributed by atoms with Gasteiger partial charge in [-0.25, -0.2) is 21.9 Å². The number of aliphatic hydroxyl groups is 1. The standard InChI is InChI=1S/C25H27F2IN4O5S/c1-38(35,36)32-25-31-22(23(37-25)16-5-6-16)24(34)30-20(10-15-7-17(26)11-18(27)8-15)21(33)13-29-12-14-3-2-4-19(28)9-14/h2-4,7-9,11,16,20-21,29,33H,5-6,10,12-13H2,1H3,(H,30,34)(H,31,32). The number of amides is 1. The van der Waals surface area contributed by atoms with Crippen LogP contribution in [0.5, 0.6) is 0 Å². The molecule has 0 aliphatic heterocycles. The molecule has 4 N–H and O–H groups in total. The summed E-state index contributed by atoms with van der Waals surface area (Å²) < 4.78 is 59.6. The Morgan fingerprint density at radius 2 is 1.89 bits per heavy atom. The van der Waals surface area contributed by atoms with E-state index >= 15 is 0 Å². The van der Waals surface area contributed by atoms with E-state index in [9.17, 15) is 27.1 Å². The van der Waals surface area contributed by atoms with Gasteiger partial charge in [-0.3, -0.25) is 4.79 Å². The summed E-state index contributed by atoms with van der Waals surface area (Å²) in [7, 11) is -3.69. The lowest BCUT2D eigenvalue weighted by Crippen LogP contribution is -2.49. The van der Waals surface area contributed by atoms with Gasteiger partial charge in [0, 0.05) is 28.6 Å². The first kappa shape index (κ1) is 28.4. The van der Waals surface area contributed by atoms with Crippen LogP contribution in [0.1, 0.15) is 46.1 Å². The van der Waals surface area contributed by atoms with Gasteiger partial charge in [0.2, 0.25) is 10.0 Å². The van der Waals surface area contributed by atoms with Gasteiger partial charge in [0.15, 0.2) is 5.69 Å². The maximum absolute atomic E-state index is 13.8. The largest absolute Gasteiger partial charge is 0.427 e. The molecule has 1 aliphatic carbocycles. The van der Waals surface area contributed by atoms with Crippen molar-refractivity contribution in [3.8, 4) is 0 Å². The van der Waals surface area contributed by atoms with Crippen molar-refractivity contribution in [3.05, 3.63) is 80.3 Å². The number of hydrogen-bond donors (Lipinski definition) is 4. The number of carbonyl (C=O) groups is 1. The van der Waals surface area contributed by atoms with E-state index in [-0.39, 0.29) is 41.9 Å². The van der Waals surface area contributed by atoms with Gasteiger partial charge < -0.3 is 20.2 Å². The molecule has 1 aliphatic rings. The Morgan fingerprint density at radius 1 is 1.18 bits per heavy atom. The molecule has 38 heavy (non-hydrogen) atoms. The fourth-order valence-electron chi connectivity index (χ4n) is 3.98. The van der Waals surface area contributed by atoms with Crippen molar-refractivity contribution in [1.29, 1.82) is 0 Å². The second kappa shape index (κ2) is 12.1. The smallest absolute Gasteiger partial charge is 0.309 e. The van der Waals surface area contributed by atoms with Crippen LogP contribution in [0, 0.1) is 15.2 Å². The average molecular weight is 660 g/mol. The molecule has 0 radical (unpaired) electrons. The van der Waals surface area contributed by atoms with Gasteiger partial charge in [0.25, 0.3) is 5.91 Å². The van der Waals surface area contributed by atoms with Gasteiger partial charge >= 0.3 is 6.01 Å². The van der Waals surface area contributed by atoms with Crippen molar-refractivity contribution in [2.24, 2.45) is 0 Å². The van der Waals surface area contributed by atoms with E-state index in [0.717, 1.165) is 46.4 Å². The van der Waals surface area contributed by atoms with Gasteiger partial charge in [0.1, 0.15) is 17.4 Å². The van der Waals surface area contributed by atoms with Crippen LogP contribution in [-0.2, 0) is 23.0 Å². The van der Waals surface area contributed by atoms with Gasteiger partial charge in [-0.15, -0.1) is 0 Å². The number of hydrogen-bond acceptors (Lipinski definition) is 7. The predicted molar refractivity (Wildman–Crippen MR) is 145 cm³/mol. The van der Waals surface area contributed by atoms with Gasteiger partial charge in [-0.1, -0.05) is 12.1 Å². The molecule has 1 fully saturated rings. The van der Waals surface area contributed by atoms with Crippen LogP contribution in [0.4, 0.5) is 14.8 Å². The Hall–Kier alpha value is -2.62. The lowest BCUT2D eigenvalue weighted by molar-refractivity contribution is 0.0824. The maximum atomic E-state index is 13.8. The summed E-state index contributed by atoms with van der Waals surface area (Å²) in [4.78, 5) is 17.3. The predicted octanol–water partition coefficient (Wildman–Crippen LogP) is 3.30. The number of aromatic nitrogens is 1. The summed E-state index contributed by atoms with van der Waals surface area (Å²) in [5.41, 5.74) is 1.14. The van der Waals surface area contributed by atoms with E-state index in [2.05, 4.69) is 42.9 Å². The molecular weight excluding hydrogens is 633 g/mol. The maximum Gasteiger partial charge on any atom is 0.309 e. The number of halogens is 3. The average Bonchev–Trinajstić information content (AvgIpc) is 3.57. The Morgan fingerprint density at radius 3 is 2.53 bits per heavy atom. The van der Waals surface area contributed by atoms with Gasteiger partial charge in [-0.2, -0.15) is 4.98 Å². The first-order valence-corrected chi connectivity index (χ1v) is 14.8. The zero-order valence-electron chi connectivity index (χ0n) is 20.4. The van der Waals surface area contributed by atoms with Gasteiger partial charge in [-0.05, 0) is 77.2 Å². The third kappa shape index (κ3) is 8.19. The number of aliphatic hydroxyl groups excluding tert-OH is 1. The minimum atomic E-state index is -3.69. The number of nitrogens with zero attached hydrogens (tertiary/aromatic N) is 1. The fourth-order valence-corrected chi connectivity index (χ4v) is 4.99. The van der Waals surface area contributed by atoms with Crippen molar-refractivity contribution >= 4 is 44.5 Å². The fraction of sp³-hybridized carbons (Fsp3) is 0.360. The number of sulfonamides is 1. The zero-order chi connectivity index (χ0) is 27.4. The highest BCUT2D eigenvalue weighted by Gasteiger charge is 2.35. The second-order valence-electron chi connectivity index (χ2n) is 9.27. The quantitative estimate of drug-likeness (QED) is 0.219. The Bertz CT molecular complexity index is 1390. The number of benzene rings is 2. The third-order valence-electron chi connectivity index (χ3n) is 5.82. The van der Waals surface area contributed by atoms with Crippen LogP contribution in [0.2, 0.25) is 0 Å². The molecule has 0 saturated heterocycles. The topological polar surface area (TPSA) is 134 Å². The molecular formula is C25H27F2IN4O5S. The molecule has 1 saturated carbocycles. The van der Waals surface area contributed by atoms with E-state index < -0.39 is 39.7 Å². The summed E-state index contributed by atoms with van der Waals surface area (Å²) >= 11 is 2.20. The van der Waals surface area contributed by atoms with Crippen LogP contribution in [0.15, 0.2) is 46.9 Å². The van der Waals surface area contributed by atoms with Crippen LogP contribution in [0.25, 0.3) is 0 Å². The SMILES string of the molecule is CS(=O)(=O)Nc1nc(C(=O)NC(Cc2cc(F)cc(F)c2)C(O)CNCc2cccc(I)c2)c(C2CC2)o1. The minimum Gasteiger partial charge on any atom is -0.427 e. The second-order valence-corrected chi connectivity index (χ2v) is 12.3. The van der Waals surface area contributed by atoms with E-state index in [0.29, 0.717) is 6.54 Å². The molecule has 3 aromatic rings. The van der Waals surface area contributed by atoms with Crippen molar-refractivity contribution < 1.29 is 31.5 Å². The van der Waals surface area contributed by atoms with E-state index in [1.54, 1.807) is 0 Å². The van der Waals surface area contributed by atoms with E-state index in [1.165, 1.54) is 0 Å². The molecule has 1 heterocycles. The van der Waals surface area contributed by atoms with Gasteiger partial charge in [0.05, 0.1) is 18.4 Å². The number of rotatable bonds is 12. The monoisotopic (exact) mass is 660 g/mol. The highest BCUT2D eigenvalue weighted by atomic mass is 127. The van der Waals surface area contributed by atoms with Crippen LogP contribution in [-0.4, -0.2) is 49.4 Å². The molecule has 2 aromatic carbocycles. The molecule has 204 valence electrons. The van der Waals surface area contributed by atoms with E-state index in [1.807, 2.05) is 24.3 Å². The normalized spacial score (nSPS) is 15.2. The molecule has 1 aromatic heterocycles. The summed E-state index contributed by atoms with van der Waals surface area (Å²) in [5.74, 6) is -2.08.